The van der Waals surface area contributed by atoms with Gasteiger partial charge in [0.25, 0.3) is 11.9 Å². The van der Waals surface area contributed by atoms with E-state index in [2.05, 4.69) is 4.99 Å². The first kappa shape index (κ1) is 9.92. The molecule has 0 fully saturated rings. The Morgan fingerprint density at radius 1 is 1.53 bits per heavy atom. The van der Waals surface area contributed by atoms with E-state index < -0.39 is 17.8 Å². The molecule has 1 aliphatic rings. The quantitative estimate of drug-likeness (QED) is 0.790. The largest absolute Gasteiger partial charge is 0.447 e. The van der Waals surface area contributed by atoms with Crippen LogP contribution < -0.4 is 5.73 Å². The van der Waals surface area contributed by atoms with E-state index in [4.69, 9.17) is 22.1 Å². The number of halogens is 2. The van der Waals surface area contributed by atoms with Gasteiger partial charge in [0, 0.05) is 5.56 Å². The third-order valence-electron chi connectivity index (χ3n) is 1.93. The van der Waals surface area contributed by atoms with Crippen LogP contribution in [0.5, 0.6) is 0 Å². The van der Waals surface area contributed by atoms with Crippen LogP contribution in [0.4, 0.5) is 4.39 Å². The number of hydrogen-bond acceptors (Lipinski definition) is 3. The summed E-state index contributed by atoms with van der Waals surface area (Å²) in [4.78, 5) is 14.7. The Bertz CT molecular complexity index is 461. The number of carbonyl (C=O) groups is 1. The van der Waals surface area contributed by atoms with Crippen LogP contribution in [-0.2, 0) is 9.53 Å². The second-order valence-corrected chi connectivity index (χ2v) is 3.36. The van der Waals surface area contributed by atoms with Gasteiger partial charge >= 0.3 is 0 Å². The lowest BCUT2D eigenvalue weighted by atomic mass is 10.1. The van der Waals surface area contributed by atoms with Gasteiger partial charge in [0.05, 0.1) is 5.02 Å². The molecule has 0 radical (unpaired) electrons. The summed E-state index contributed by atoms with van der Waals surface area (Å²) in [6.07, 6.45) is -0.960. The van der Waals surface area contributed by atoms with Gasteiger partial charge in [0.2, 0.25) is 6.10 Å². The molecule has 0 spiro atoms. The third-order valence-corrected chi connectivity index (χ3v) is 2.26. The first-order chi connectivity index (χ1) is 7.08. The molecule has 2 rings (SSSR count). The molecule has 1 aliphatic heterocycles. The van der Waals surface area contributed by atoms with Gasteiger partial charge in [-0.1, -0.05) is 17.7 Å². The maximum Gasteiger partial charge on any atom is 0.296 e. The Morgan fingerprint density at radius 2 is 2.27 bits per heavy atom. The number of aliphatic imine (C=N–C) groups is 1. The summed E-state index contributed by atoms with van der Waals surface area (Å²) in [5, 5.41) is 0.109. The molecule has 0 aromatic heterocycles. The Kier molecular flexibility index (Phi) is 2.32. The minimum Gasteiger partial charge on any atom is -0.447 e. The molecule has 6 heteroatoms. The lowest BCUT2D eigenvalue weighted by Gasteiger charge is -2.10. The van der Waals surface area contributed by atoms with Crippen molar-refractivity contribution in [3.63, 3.8) is 0 Å². The molecular formula is C9H6ClFN2O2. The number of hydrogen-bond donors (Lipinski definition) is 1. The normalized spacial score (nSPS) is 20.0. The predicted molar refractivity (Wildman–Crippen MR) is 51.9 cm³/mol. The molecule has 1 atom stereocenters. The predicted octanol–water partition coefficient (Wildman–Crippen LogP) is 1.39. The van der Waals surface area contributed by atoms with Crippen molar-refractivity contribution in [3.8, 4) is 0 Å². The van der Waals surface area contributed by atoms with Crippen molar-refractivity contribution in [1.29, 1.82) is 0 Å². The van der Waals surface area contributed by atoms with E-state index in [0.29, 0.717) is 5.56 Å². The minimum atomic E-state index is -0.960. The minimum absolute atomic E-state index is 0.109. The maximum atomic E-state index is 12.7. The molecule has 1 heterocycles. The highest BCUT2D eigenvalue weighted by Gasteiger charge is 2.31. The van der Waals surface area contributed by atoms with Crippen LogP contribution in [-0.4, -0.2) is 11.9 Å². The highest BCUT2D eigenvalue weighted by atomic mass is 35.5. The zero-order valence-corrected chi connectivity index (χ0v) is 8.16. The third kappa shape index (κ3) is 1.78. The van der Waals surface area contributed by atoms with Gasteiger partial charge in [0.1, 0.15) is 5.82 Å². The van der Waals surface area contributed by atoms with Crippen LogP contribution in [0.2, 0.25) is 5.02 Å². The summed E-state index contributed by atoms with van der Waals surface area (Å²) in [5.74, 6) is -1.02. The summed E-state index contributed by atoms with van der Waals surface area (Å²) < 4.78 is 17.7. The van der Waals surface area contributed by atoms with E-state index in [1.165, 1.54) is 12.1 Å². The van der Waals surface area contributed by atoms with Gasteiger partial charge in [-0.3, -0.25) is 4.79 Å². The standard InChI is InChI=1S/C9H6ClFN2O2/c10-6-3-4(11)1-2-5(6)7-8(14)13-9(12)15-7/h1-3,7H,(H2,12,13,14). The summed E-state index contributed by atoms with van der Waals surface area (Å²) in [6.45, 7) is 0. The molecule has 4 nitrogen and oxygen atoms in total. The van der Waals surface area contributed by atoms with Crippen molar-refractivity contribution in [3.05, 3.63) is 34.6 Å². The van der Waals surface area contributed by atoms with Crippen LogP contribution in [0.3, 0.4) is 0 Å². The van der Waals surface area contributed by atoms with Crippen molar-refractivity contribution in [1.82, 2.24) is 0 Å². The highest BCUT2D eigenvalue weighted by Crippen LogP contribution is 2.29. The van der Waals surface area contributed by atoms with Crippen molar-refractivity contribution >= 4 is 23.5 Å². The smallest absolute Gasteiger partial charge is 0.296 e. The van der Waals surface area contributed by atoms with E-state index in [9.17, 15) is 9.18 Å². The van der Waals surface area contributed by atoms with Crippen molar-refractivity contribution in [2.75, 3.05) is 0 Å². The fourth-order valence-electron chi connectivity index (χ4n) is 1.28. The number of amides is 1. The molecule has 0 saturated carbocycles. The van der Waals surface area contributed by atoms with Gasteiger partial charge in [-0.15, -0.1) is 0 Å². The number of nitrogens with zero attached hydrogens (tertiary/aromatic N) is 1. The van der Waals surface area contributed by atoms with E-state index in [-0.39, 0.29) is 11.0 Å². The van der Waals surface area contributed by atoms with E-state index in [1.807, 2.05) is 0 Å². The van der Waals surface area contributed by atoms with Crippen molar-refractivity contribution in [2.24, 2.45) is 10.7 Å². The van der Waals surface area contributed by atoms with Crippen LogP contribution in [0.25, 0.3) is 0 Å². The zero-order chi connectivity index (χ0) is 11.0. The van der Waals surface area contributed by atoms with Gasteiger partial charge in [-0.2, -0.15) is 4.99 Å². The number of rotatable bonds is 1. The van der Waals surface area contributed by atoms with Gasteiger partial charge in [-0.05, 0) is 12.1 Å². The molecule has 0 saturated heterocycles. The van der Waals surface area contributed by atoms with Gasteiger partial charge in [-0.25, -0.2) is 4.39 Å². The topological polar surface area (TPSA) is 64.7 Å². The first-order valence-corrected chi connectivity index (χ1v) is 4.45. The zero-order valence-electron chi connectivity index (χ0n) is 7.41. The van der Waals surface area contributed by atoms with Crippen molar-refractivity contribution < 1.29 is 13.9 Å². The molecule has 2 N–H and O–H groups in total. The van der Waals surface area contributed by atoms with E-state index in [0.717, 1.165) is 6.07 Å². The van der Waals surface area contributed by atoms with Crippen molar-refractivity contribution in [2.45, 2.75) is 6.10 Å². The molecule has 1 amide bonds. The number of ether oxygens (including phenoxy) is 1. The Balaban J connectivity index is 2.36. The summed E-state index contributed by atoms with van der Waals surface area (Å²) in [5.41, 5.74) is 5.58. The van der Waals surface area contributed by atoms with Crippen LogP contribution in [0.1, 0.15) is 11.7 Å². The lowest BCUT2D eigenvalue weighted by Crippen LogP contribution is -2.14. The second kappa shape index (κ2) is 3.51. The van der Waals surface area contributed by atoms with Crippen LogP contribution in [0.15, 0.2) is 23.2 Å². The fraction of sp³-hybridized carbons (Fsp3) is 0.111. The van der Waals surface area contributed by atoms with Crippen LogP contribution >= 0.6 is 11.6 Å². The number of carbonyl (C=O) groups excluding carboxylic acids is 1. The molecule has 0 aliphatic carbocycles. The number of amidine groups is 1. The summed E-state index contributed by atoms with van der Waals surface area (Å²) >= 11 is 5.76. The SMILES string of the molecule is NC1=NC(=O)C(c2ccc(F)cc2Cl)O1. The van der Waals surface area contributed by atoms with E-state index >= 15 is 0 Å². The van der Waals surface area contributed by atoms with E-state index in [1.54, 1.807) is 0 Å². The summed E-state index contributed by atoms with van der Waals surface area (Å²) in [7, 11) is 0. The Morgan fingerprint density at radius 3 is 2.80 bits per heavy atom. The van der Waals surface area contributed by atoms with Gasteiger partial charge in [0.15, 0.2) is 0 Å². The first-order valence-electron chi connectivity index (χ1n) is 4.07. The lowest BCUT2D eigenvalue weighted by molar-refractivity contribution is -0.122. The Labute approximate surface area is 89.5 Å². The molecule has 15 heavy (non-hydrogen) atoms. The highest BCUT2D eigenvalue weighted by molar-refractivity contribution is 6.31. The molecule has 1 aromatic carbocycles. The number of nitrogens with two attached hydrogens (primary N) is 1. The second-order valence-electron chi connectivity index (χ2n) is 2.95. The molecular weight excluding hydrogens is 223 g/mol. The Hall–Kier alpha value is -1.62. The molecule has 0 bridgehead atoms. The monoisotopic (exact) mass is 228 g/mol. The summed E-state index contributed by atoms with van der Waals surface area (Å²) in [6, 6.07) is 3.45. The molecule has 1 unspecified atom stereocenters. The maximum absolute atomic E-state index is 12.7. The average molecular weight is 229 g/mol. The molecule has 1 aromatic rings. The average Bonchev–Trinajstić information content (AvgIpc) is 2.45. The number of benzene rings is 1. The molecule has 78 valence electrons. The van der Waals surface area contributed by atoms with Gasteiger partial charge < -0.3 is 10.5 Å². The van der Waals surface area contributed by atoms with Crippen LogP contribution in [0, 0.1) is 5.82 Å². The fourth-order valence-corrected chi connectivity index (χ4v) is 1.54.